The van der Waals surface area contributed by atoms with Crippen molar-refractivity contribution in [3.63, 3.8) is 0 Å². The zero-order chi connectivity index (χ0) is 13.8. The second-order valence-electron chi connectivity index (χ2n) is 6.34. The summed E-state index contributed by atoms with van der Waals surface area (Å²) in [7, 11) is 0. The molecular weight excluding hydrogens is 228 g/mol. The van der Waals surface area contributed by atoms with Gasteiger partial charge in [-0.15, -0.1) is 0 Å². The minimum Gasteiger partial charge on any atom is -0.355 e. The van der Waals surface area contributed by atoms with Gasteiger partial charge in [0, 0.05) is 31.5 Å². The van der Waals surface area contributed by atoms with E-state index in [1.807, 2.05) is 25.7 Å². The van der Waals surface area contributed by atoms with E-state index >= 15 is 0 Å². The molecule has 0 aromatic rings. The van der Waals surface area contributed by atoms with Crippen LogP contribution in [0.2, 0.25) is 0 Å². The quantitative estimate of drug-likeness (QED) is 0.835. The number of carbonyl (C=O) groups is 2. The number of likely N-dealkylation sites (tertiary alicyclic amines) is 1. The molecule has 1 heterocycles. The molecule has 18 heavy (non-hydrogen) atoms. The third-order valence-corrected chi connectivity index (χ3v) is 3.32. The SMILES string of the molecule is CC1CCCN(C(=O)CCNC(=O)C(C)(C)C)C1. The summed E-state index contributed by atoms with van der Waals surface area (Å²) in [6.45, 7) is 9.98. The number of hydrogen-bond donors (Lipinski definition) is 1. The predicted molar refractivity (Wildman–Crippen MR) is 72.1 cm³/mol. The summed E-state index contributed by atoms with van der Waals surface area (Å²) in [4.78, 5) is 25.5. The Morgan fingerprint density at radius 2 is 2.00 bits per heavy atom. The lowest BCUT2D eigenvalue weighted by atomic mass is 9.96. The molecule has 0 aliphatic carbocycles. The lowest BCUT2D eigenvalue weighted by molar-refractivity contribution is -0.133. The van der Waals surface area contributed by atoms with Crippen LogP contribution in [0.3, 0.4) is 0 Å². The highest BCUT2D eigenvalue weighted by Gasteiger charge is 2.23. The van der Waals surface area contributed by atoms with Gasteiger partial charge in [0.1, 0.15) is 0 Å². The van der Waals surface area contributed by atoms with Crippen LogP contribution in [-0.2, 0) is 9.59 Å². The fourth-order valence-corrected chi connectivity index (χ4v) is 2.12. The molecule has 4 nitrogen and oxygen atoms in total. The van der Waals surface area contributed by atoms with Crippen molar-refractivity contribution < 1.29 is 9.59 Å². The average Bonchev–Trinajstić information content (AvgIpc) is 2.27. The van der Waals surface area contributed by atoms with Crippen LogP contribution in [0.5, 0.6) is 0 Å². The standard InChI is InChI=1S/C14H26N2O2/c1-11-6-5-9-16(10-11)12(17)7-8-15-13(18)14(2,3)4/h11H,5-10H2,1-4H3,(H,15,18). The van der Waals surface area contributed by atoms with Gasteiger partial charge in [-0.05, 0) is 18.8 Å². The molecule has 0 saturated carbocycles. The van der Waals surface area contributed by atoms with Crippen molar-refractivity contribution in [2.24, 2.45) is 11.3 Å². The number of amides is 2. The monoisotopic (exact) mass is 254 g/mol. The second kappa shape index (κ2) is 6.21. The van der Waals surface area contributed by atoms with Gasteiger partial charge in [0.2, 0.25) is 11.8 Å². The molecule has 1 aliphatic heterocycles. The lowest BCUT2D eigenvalue weighted by Gasteiger charge is -2.31. The summed E-state index contributed by atoms with van der Waals surface area (Å²) in [5.41, 5.74) is -0.386. The fourth-order valence-electron chi connectivity index (χ4n) is 2.12. The summed E-state index contributed by atoms with van der Waals surface area (Å²) < 4.78 is 0. The molecule has 1 aliphatic rings. The van der Waals surface area contributed by atoms with E-state index in [1.165, 1.54) is 6.42 Å². The molecule has 1 N–H and O–H groups in total. The van der Waals surface area contributed by atoms with Crippen molar-refractivity contribution in [3.05, 3.63) is 0 Å². The lowest BCUT2D eigenvalue weighted by Crippen LogP contribution is -2.41. The first kappa shape index (κ1) is 15.0. The first-order chi connectivity index (χ1) is 8.30. The van der Waals surface area contributed by atoms with Gasteiger partial charge in [-0.1, -0.05) is 27.7 Å². The molecule has 0 radical (unpaired) electrons. The van der Waals surface area contributed by atoms with Gasteiger partial charge >= 0.3 is 0 Å². The highest BCUT2D eigenvalue weighted by Crippen LogP contribution is 2.16. The van der Waals surface area contributed by atoms with E-state index in [0.717, 1.165) is 19.5 Å². The predicted octanol–water partition coefficient (Wildman–Crippen LogP) is 1.80. The van der Waals surface area contributed by atoms with E-state index in [4.69, 9.17) is 0 Å². The van der Waals surface area contributed by atoms with E-state index in [0.29, 0.717) is 18.9 Å². The van der Waals surface area contributed by atoms with E-state index in [-0.39, 0.29) is 17.2 Å². The molecule has 1 unspecified atom stereocenters. The fraction of sp³-hybridized carbons (Fsp3) is 0.857. The largest absolute Gasteiger partial charge is 0.355 e. The summed E-state index contributed by atoms with van der Waals surface area (Å²) in [5.74, 6) is 0.768. The normalized spacial score (nSPS) is 20.7. The summed E-state index contributed by atoms with van der Waals surface area (Å²) in [5, 5.41) is 2.82. The minimum absolute atomic E-state index is 0.00214. The Bertz CT molecular complexity index is 307. The van der Waals surface area contributed by atoms with Crippen LogP contribution >= 0.6 is 0 Å². The summed E-state index contributed by atoms with van der Waals surface area (Å²) in [6, 6.07) is 0. The molecule has 0 aromatic carbocycles. The van der Waals surface area contributed by atoms with E-state index in [9.17, 15) is 9.59 Å². The molecule has 0 aromatic heterocycles. The van der Waals surface area contributed by atoms with Crippen molar-refractivity contribution in [1.29, 1.82) is 0 Å². The molecule has 1 fully saturated rings. The molecule has 4 heteroatoms. The summed E-state index contributed by atoms with van der Waals surface area (Å²) >= 11 is 0. The molecular formula is C14H26N2O2. The van der Waals surface area contributed by atoms with E-state index in [2.05, 4.69) is 12.2 Å². The Hall–Kier alpha value is -1.06. The van der Waals surface area contributed by atoms with Crippen LogP contribution in [0.4, 0.5) is 0 Å². The zero-order valence-electron chi connectivity index (χ0n) is 12.1. The van der Waals surface area contributed by atoms with Gasteiger partial charge in [0.15, 0.2) is 0 Å². The Kier molecular flexibility index (Phi) is 5.17. The first-order valence-electron chi connectivity index (χ1n) is 6.87. The van der Waals surface area contributed by atoms with Crippen molar-refractivity contribution >= 4 is 11.8 Å². The molecule has 0 bridgehead atoms. The number of carbonyl (C=O) groups excluding carboxylic acids is 2. The van der Waals surface area contributed by atoms with Crippen molar-refractivity contribution in [3.8, 4) is 0 Å². The van der Waals surface area contributed by atoms with Crippen LogP contribution in [0.1, 0.15) is 47.0 Å². The Labute approximate surface area is 110 Å². The maximum absolute atomic E-state index is 11.9. The highest BCUT2D eigenvalue weighted by molar-refractivity contribution is 5.82. The van der Waals surface area contributed by atoms with Gasteiger partial charge < -0.3 is 10.2 Å². The Morgan fingerprint density at radius 1 is 1.33 bits per heavy atom. The Morgan fingerprint density at radius 3 is 2.56 bits per heavy atom. The van der Waals surface area contributed by atoms with Gasteiger partial charge in [0.05, 0.1) is 0 Å². The van der Waals surface area contributed by atoms with Crippen LogP contribution in [0, 0.1) is 11.3 Å². The molecule has 104 valence electrons. The van der Waals surface area contributed by atoms with Crippen molar-refractivity contribution in [2.75, 3.05) is 19.6 Å². The molecule has 0 spiro atoms. The number of hydrogen-bond acceptors (Lipinski definition) is 2. The molecule has 1 atom stereocenters. The van der Waals surface area contributed by atoms with E-state index < -0.39 is 0 Å². The van der Waals surface area contributed by atoms with Crippen LogP contribution in [0.25, 0.3) is 0 Å². The van der Waals surface area contributed by atoms with Crippen LogP contribution in [0.15, 0.2) is 0 Å². The number of piperidine rings is 1. The number of nitrogens with one attached hydrogen (secondary N) is 1. The average molecular weight is 254 g/mol. The topological polar surface area (TPSA) is 49.4 Å². The van der Waals surface area contributed by atoms with Crippen molar-refractivity contribution in [1.82, 2.24) is 10.2 Å². The highest BCUT2D eigenvalue weighted by atomic mass is 16.2. The number of nitrogens with zero attached hydrogens (tertiary/aromatic N) is 1. The smallest absolute Gasteiger partial charge is 0.225 e. The number of rotatable bonds is 3. The van der Waals surface area contributed by atoms with Gasteiger partial charge in [-0.25, -0.2) is 0 Å². The maximum atomic E-state index is 11.9. The van der Waals surface area contributed by atoms with Crippen LogP contribution in [-0.4, -0.2) is 36.3 Å². The summed E-state index contributed by atoms with van der Waals surface area (Å²) in [6.07, 6.45) is 2.72. The zero-order valence-corrected chi connectivity index (χ0v) is 12.1. The van der Waals surface area contributed by atoms with Gasteiger partial charge in [0.25, 0.3) is 0 Å². The van der Waals surface area contributed by atoms with Gasteiger partial charge in [-0.3, -0.25) is 9.59 Å². The maximum Gasteiger partial charge on any atom is 0.225 e. The first-order valence-corrected chi connectivity index (χ1v) is 6.87. The third kappa shape index (κ3) is 4.67. The van der Waals surface area contributed by atoms with Gasteiger partial charge in [-0.2, -0.15) is 0 Å². The second-order valence-corrected chi connectivity index (χ2v) is 6.34. The van der Waals surface area contributed by atoms with E-state index in [1.54, 1.807) is 0 Å². The molecule has 1 rings (SSSR count). The Balaban J connectivity index is 2.27. The third-order valence-electron chi connectivity index (χ3n) is 3.32. The van der Waals surface area contributed by atoms with Crippen molar-refractivity contribution in [2.45, 2.75) is 47.0 Å². The molecule has 1 saturated heterocycles. The minimum atomic E-state index is -0.386. The van der Waals surface area contributed by atoms with Crippen LogP contribution < -0.4 is 5.32 Å². The molecule has 2 amide bonds.